The Bertz CT molecular complexity index is 655. The summed E-state index contributed by atoms with van der Waals surface area (Å²) < 4.78 is 5.19. The van der Waals surface area contributed by atoms with Crippen LogP contribution in [0.1, 0.15) is 17.0 Å². The first-order valence-corrected chi connectivity index (χ1v) is 7.01. The first-order valence-electron chi connectivity index (χ1n) is 7.01. The Kier molecular flexibility index (Phi) is 3.77. The zero-order valence-corrected chi connectivity index (χ0v) is 11.9. The summed E-state index contributed by atoms with van der Waals surface area (Å²) >= 11 is 0. The molecule has 2 aromatic rings. The summed E-state index contributed by atoms with van der Waals surface area (Å²) in [4.78, 5) is 12.4. The van der Waals surface area contributed by atoms with Gasteiger partial charge >= 0.3 is 0 Å². The normalized spacial score (nSPS) is 16.0. The first-order chi connectivity index (χ1) is 10.3. The molecule has 1 atom stereocenters. The molecule has 1 heterocycles. The van der Waals surface area contributed by atoms with E-state index in [-0.39, 0.29) is 11.8 Å². The predicted molar refractivity (Wildman–Crippen MR) is 82.5 cm³/mol. The highest BCUT2D eigenvalue weighted by molar-refractivity contribution is 5.88. The van der Waals surface area contributed by atoms with Gasteiger partial charge in [0.25, 0.3) is 0 Å². The number of benzene rings is 2. The van der Waals surface area contributed by atoms with E-state index in [4.69, 9.17) is 4.74 Å². The van der Waals surface area contributed by atoms with Gasteiger partial charge in [-0.15, -0.1) is 0 Å². The van der Waals surface area contributed by atoms with E-state index in [0.29, 0.717) is 13.1 Å². The molecule has 2 N–H and O–H groups in total. The van der Waals surface area contributed by atoms with Crippen molar-refractivity contribution in [2.75, 3.05) is 19.0 Å². The fourth-order valence-corrected chi connectivity index (χ4v) is 2.61. The lowest BCUT2D eigenvalue weighted by atomic mass is 10.0. The van der Waals surface area contributed by atoms with Crippen LogP contribution in [0, 0.1) is 0 Å². The third-order valence-electron chi connectivity index (χ3n) is 3.75. The van der Waals surface area contributed by atoms with Gasteiger partial charge in [-0.05, 0) is 29.3 Å². The minimum absolute atomic E-state index is 0.0512. The molecule has 4 heteroatoms. The fourth-order valence-electron chi connectivity index (χ4n) is 2.61. The van der Waals surface area contributed by atoms with Crippen LogP contribution >= 0.6 is 0 Å². The number of para-hydroxylation sites is 1. The molecule has 21 heavy (non-hydrogen) atoms. The van der Waals surface area contributed by atoms with Gasteiger partial charge in [0.05, 0.1) is 13.0 Å². The van der Waals surface area contributed by atoms with E-state index >= 15 is 0 Å². The monoisotopic (exact) mass is 282 g/mol. The maximum absolute atomic E-state index is 12.4. The quantitative estimate of drug-likeness (QED) is 0.906. The summed E-state index contributed by atoms with van der Waals surface area (Å²) in [5.41, 5.74) is 3.15. The molecule has 0 saturated carbocycles. The van der Waals surface area contributed by atoms with Crippen LogP contribution in [0.2, 0.25) is 0 Å². The number of hydrogen-bond acceptors (Lipinski definition) is 3. The Labute approximate surface area is 124 Å². The summed E-state index contributed by atoms with van der Waals surface area (Å²) in [5, 5.41) is 6.27. The average molecular weight is 282 g/mol. The third-order valence-corrected chi connectivity index (χ3v) is 3.75. The number of carbonyl (C=O) groups is 1. The van der Waals surface area contributed by atoms with Gasteiger partial charge < -0.3 is 15.4 Å². The van der Waals surface area contributed by atoms with Crippen molar-refractivity contribution in [3.05, 3.63) is 59.7 Å². The Hall–Kier alpha value is -2.49. The smallest absolute Gasteiger partial charge is 0.229 e. The van der Waals surface area contributed by atoms with E-state index < -0.39 is 0 Å². The van der Waals surface area contributed by atoms with Crippen molar-refractivity contribution in [1.82, 2.24) is 5.32 Å². The van der Waals surface area contributed by atoms with Crippen LogP contribution < -0.4 is 15.4 Å². The van der Waals surface area contributed by atoms with E-state index in [1.54, 1.807) is 7.11 Å². The molecule has 1 amide bonds. The van der Waals surface area contributed by atoms with Crippen molar-refractivity contribution in [1.29, 1.82) is 0 Å². The second-order valence-electron chi connectivity index (χ2n) is 5.09. The molecule has 0 aliphatic carbocycles. The van der Waals surface area contributed by atoms with E-state index in [1.807, 2.05) is 48.5 Å². The van der Waals surface area contributed by atoms with Gasteiger partial charge in [0.2, 0.25) is 5.91 Å². The van der Waals surface area contributed by atoms with Crippen molar-refractivity contribution in [2.24, 2.45) is 0 Å². The molecule has 0 bridgehead atoms. The molecule has 0 fully saturated rings. The van der Waals surface area contributed by atoms with Crippen molar-refractivity contribution >= 4 is 11.6 Å². The number of fused-ring (bicyclic) bond motifs is 1. The zero-order valence-electron chi connectivity index (χ0n) is 11.9. The van der Waals surface area contributed by atoms with Gasteiger partial charge in [-0.1, -0.05) is 30.3 Å². The predicted octanol–water partition coefficient (Wildman–Crippen LogP) is 2.52. The van der Waals surface area contributed by atoms with Gasteiger partial charge in [-0.2, -0.15) is 0 Å². The van der Waals surface area contributed by atoms with Crippen LogP contribution in [0.25, 0.3) is 0 Å². The second-order valence-corrected chi connectivity index (χ2v) is 5.09. The van der Waals surface area contributed by atoms with Gasteiger partial charge in [0.1, 0.15) is 5.75 Å². The molecule has 0 aromatic heterocycles. The molecule has 1 unspecified atom stereocenters. The van der Waals surface area contributed by atoms with Gasteiger partial charge in [-0.3, -0.25) is 4.79 Å². The molecule has 3 rings (SSSR count). The summed E-state index contributed by atoms with van der Waals surface area (Å²) in [7, 11) is 1.64. The van der Waals surface area contributed by atoms with Crippen LogP contribution in [0.3, 0.4) is 0 Å². The number of ether oxygens (including phenoxy) is 1. The maximum Gasteiger partial charge on any atom is 0.229 e. The number of anilines is 1. The number of methoxy groups -OCH3 is 1. The number of amides is 1. The number of carbonyl (C=O) groups excluding carboxylic acids is 1. The van der Waals surface area contributed by atoms with Crippen LogP contribution in [0.5, 0.6) is 5.75 Å². The van der Waals surface area contributed by atoms with Crippen molar-refractivity contribution in [3.63, 3.8) is 0 Å². The lowest BCUT2D eigenvalue weighted by Gasteiger charge is -2.11. The molecule has 0 saturated heterocycles. The third kappa shape index (κ3) is 2.84. The van der Waals surface area contributed by atoms with Crippen LogP contribution in [-0.2, 0) is 11.3 Å². The molecule has 2 aromatic carbocycles. The fraction of sp³-hybridized carbons (Fsp3) is 0.235. The zero-order chi connectivity index (χ0) is 14.7. The Morgan fingerprint density at radius 1 is 1.29 bits per heavy atom. The van der Waals surface area contributed by atoms with E-state index in [9.17, 15) is 4.79 Å². The van der Waals surface area contributed by atoms with Crippen LogP contribution in [0.15, 0.2) is 48.5 Å². The lowest BCUT2D eigenvalue weighted by molar-refractivity contribution is -0.122. The van der Waals surface area contributed by atoms with Gasteiger partial charge in [-0.25, -0.2) is 0 Å². The van der Waals surface area contributed by atoms with E-state index in [0.717, 1.165) is 22.6 Å². The minimum atomic E-state index is -0.119. The molecule has 1 aliphatic rings. The topological polar surface area (TPSA) is 50.4 Å². The van der Waals surface area contributed by atoms with Gasteiger partial charge in [0, 0.05) is 18.8 Å². The van der Waals surface area contributed by atoms with E-state index in [2.05, 4.69) is 10.6 Å². The van der Waals surface area contributed by atoms with Crippen LogP contribution in [-0.4, -0.2) is 19.6 Å². The molecule has 1 aliphatic heterocycles. The Morgan fingerprint density at radius 3 is 3.00 bits per heavy atom. The first kappa shape index (κ1) is 13.5. The summed E-state index contributed by atoms with van der Waals surface area (Å²) in [5.74, 6) is 0.733. The summed E-state index contributed by atoms with van der Waals surface area (Å²) in [6.45, 7) is 1.16. The molecule has 4 nitrogen and oxygen atoms in total. The number of rotatable bonds is 4. The van der Waals surface area contributed by atoms with Gasteiger partial charge in [0.15, 0.2) is 0 Å². The highest BCUT2D eigenvalue weighted by Crippen LogP contribution is 2.31. The maximum atomic E-state index is 12.4. The average Bonchev–Trinajstić information content (AvgIpc) is 2.97. The van der Waals surface area contributed by atoms with Crippen LogP contribution in [0.4, 0.5) is 5.69 Å². The largest absolute Gasteiger partial charge is 0.497 e. The highest BCUT2D eigenvalue weighted by atomic mass is 16.5. The number of hydrogen-bond donors (Lipinski definition) is 2. The van der Waals surface area contributed by atoms with Crippen molar-refractivity contribution in [3.8, 4) is 5.75 Å². The molecule has 108 valence electrons. The second kappa shape index (κ2) is 5.87. The standard InChI is InChI=1S/C17H18N2O2/c1-21-13-6-4-5-12(9-13)10-19-17(20)15-11-18-16-8-3-2-7-14(15)16/h2-9,15,18H,10-11H2,1H3,(H,19,20). The summed E-state index contributed by atoms with van der Waals surface area (Å²) in [6.07, 6.45) is 0. The minimum Gasteiger partial charge on any atom is -0.497 e. The Morgan fingerprint density at radius 2 is 2.14 bits per heavy atom. The summed E-state index contributed by atoms with van der Waals surface area (Å²) in [6, 6.07) is 15.7. The van der Waals surface area contributed by atoms with Crippen molar-refractivity contribution < 1.29 is 9.53 Å². The Balaban J connectivity index is 1.65. The SMILES string of the molecule is COc1cccc(CNC(=O)C2CNc3ccccc32)c1. The van der Waals surface area contributed by atoms with E-state index in [1.165, 1.54) is 0 Å². The highest BCUT2D eigenvalue weighted by Gasteiger charge is 2.27. The lowest BCUT2D eigenvalue weighted by Crippen LogP contribution is -2.29. The number of nitrogens with one attached hydrogen (secondary N) is 2. The van der Waals surface area contributed by atoms with Crippen molar-refractivity contribution in [2.45, 2.75) is 12.5 Å². The molecular formula is C17H18N2O2. The molecule has 0 radical (unpaired) electrons. The molecule has 0 spiro atoms. The molecular weight excluding hydrogens is 264 g/mol.